The summed E-state index contributed by atoms with van der Waals surface area (Å²) in [7, 11) is 3.34. The Morgan fingerprint density at radius 3 is 1.49 bits per heavy atom. The van der Waals surface area contributed by atoms with Crippen LogP contribution in [0.3, 0.4) is 0 Å². The molecule has 0 aliphatic heterocycles. The second-order valence-corrected chi connectivity index (χ2v) is 13.8. The average molecular weight is 829 g/mol. The number of rotatable bonds is 14. The van der Waals surface area contributed by atoms with E-state index in [2.05, 4.69) is 52.1 Å². The predicted molar refractivity (Wildman–Crippen MR) is 216 cm³/mol. The Morgan fingerprint density at radius 1 is 0.725 bits per heavy atom. The van der Waals surface area contributed by atoms with E-state index in [4.69, 9.17) is 17.7 Å². The fourth-order valence-corrected chi connectivity index (χ4v) is 7.28. The number of phenols is 2. The third kappa shape index (κ3) is 13.8. The van der Waals surface area contributed by atoms with Gasteiger partial charge in [-0.25, -0.2) is 0 Å². The summed E-state index contributed by atoms with van der Waals surface area (Å²) >= 11 is 0. The van der Waals surface area contributed by atoms with Crippen molar-refractivity contribution < 1.29 is 51.9 Å². The van der Waals surface area contributed by atoms with E-state index in [1.165, 1.54) is 24.0 Å². The molecule has 4 atom stereocenters. The molecule has 0 heterocycles. The molecule has 2 aromatic carbocycles. The standard InChI is InChI=1S/C23H34O2.C21H30O2.CH3.HI.Mg/c1-7-8-9-10-18-14-21(24-5)23(22(15-18)25-6)20-13-17(4)11-12-19(20)16(2)3;1-5-6-7-8-16-12-19(22)21(20(23)13-16)18-11-15(4)9-10-17(18)14(2)3;;;/h13-15,19-20H,2,7-12H2,1,3-6H3;11-13,17-18,22-23H,2,5-10H2,1,3-4H3;1H3;1H;/q;;-1;;+2/p-1/t19-,20+;17-,18+;;;/m00.../s1/i2*3D3;;;. The average Bonchev–Trinajstić information content (AvgIpc) is 3.10. The quantitative estimate of drug-likeness (QED) is 0.0656. The third-order valence-electron chi connectivity index (χ3n) is 9.99. The van der Waals surface area contributed by atoms with Crippen molar-refractivity contribution in [3.8, 4) is 23.0 Å². The molecule has 2 aliphatic rings. The van der Waals surface area contributed by atoms with E-state index < -0.39 is 13.7 Å². The number of halogens is 1. The van der Waals surface area contributed by atoms with Crippen molar-refractivity contribution in [2.45, 2.75) is 130 Å². The van der Waals surface area contributed by atoms with Gasteiger partial charge in [0.2, 0.25) is 0 Å². The van der Waals surface area contributed by atoms with Crippen molar-refractivity contribution in [1.29, 1.82) is 0 Å². The zero-order chi connectivity index (χ0) is 40.4. The summed E-state index contributed by atoms with van der Waals surface area (Å²) in [5.74, 6) is 0.637. The molecule has 2 aliphatic carbocycles. The number of aromatic hydroxyl groups is 2. The van der Waals surface area contributed by atoms with Gasteiger partial charge >= 0.3 is 23.1 Å². The van der Waals surface area contributed by atoms with Crippen molar-refractivity contribution in [3.05, 3.63) is 102 Å². The molecular formula is C45H67IMgO4. The smallest absolute Gasteiger partial charge is 1.00 e. The zero-order valence-corrected chi connectivity index (χ0v) is 36.0. The van der Waals surface area contributed by atoms with Gasteiger partial charge in [-0.3, -0.25) is 0 Å². The van der Waals surface area contributed by atoms with E-state index in [1.807, 2.05) is 13.0 Å². The number of phenolic OH excluding ortho intramolecular Hbond substituents is 2. The van der Waals surface area contributed by atoms with Crippen LogP contribution in [0.15, 0.2) is 71.9 Å². The van der Waals surface area contributed by atoms with Gasteiger partial charge in [0.15, 0.2) is 0 Å². The summed E-state index contributed by atoms with van der Waals surface area (Å²) in [6.45, 7) is 11.8. The fraction of sp³-hybridized carbons (Fsp3) is 0.533. The van der Waals surface area contributed by atoms with Crippen molar-refractivity contribution in [2.75, 3.05) is 14.2 Å². The minimum atomic E-state index is -2.24. The molecule has 4 nitrogen and oxygen atoms in total. The molecule has 280 valence electrons. The molecule has 0 radical (unpaired) electrons. The molecule has 0 fully saturated rings. The topological polar surface area (TPSA) is 58.9 Å². The first-order valence-corrected chi connectivity index (χ1v) is 17.9. The molecule has 2 aromatic rings. The molecule has 0 saturated heterocycles. The summed E-state index contributed by atoms with van der Waals surface area (Å²) < 4.78 is 58.2. The van der Waals surface area contributed by atoms with E-state index in [1.54, 1.807) is 26.4 Å². The maximum absolute atomic E-state index is 10.6. The number of ether oxygens (including phenoxy) is 2. The third-order valence-corrected chi connectivity index (χ3v) is 9.99. The van der Waals surface area contributed by atoms with Crippen LogP contribution in [0, 0.1) is 19.3 Å². The number of aryl methyl sites for hydroxylation is 2. The monoisotopic (exact) mass is 828 g/mol. The predicted octanol–water partition coefficient (Wildman–Crippen LogP) is 9.37. The van der Waals surface area contributed by atoms with Crippen molar-refractivity contribution in [1.82, 2.24) is 0 Å². The van der Waals surface area contributed by atoms with Crippen molar-refractivity contribution in [3.63, 3.8) is 0 Å². The maximum atomic E-state index is 10.6. The Kier molecular flexibility index (Phi) is 18.6. The molecule has 0 bridgehead atoms. The number of methoxy groups -OCH3 is 2. The fourth-order valence-electron chi connectivity index (χ4n) is 7.28. The molecule has 6 heteroatoms. The summed E-state index contributed by atoms with van der Waals surface area (Å²) in [5, 5.41) is 21.2. The Labute approximate surface area is 353 Å². The van der Waals surface area contributed by atoms with E-state index in [0.29, 0.717) is 17.6 Å². The van der Waals surface area contributed by atoms with Gasteiger partial charge in [0.1, 0.15) is 23.0 Å². The molecule has 4 rings (SSSR count). The van der Waals surface area contributed by atoms with Crippen molar-refractivity contribution in [2.24, 2.45) is 11.8 Å². The Balaban J connectivity index is 0.00000105. The number of unbranched alkanes of at least 4 members (excludes halogenated alkanes) is 4. The van der Waals surface area contributed by atoms with Crippen LogP contribution in [0.4, 0.5) is 0 Å². The number of hydrogen-bond donors (Lipinski definition) is 2. The van der Waals surface area contributed by atoms with Crippen LogP contribution in [0.1, 0.15) is 148 Å². The summed E-state index contributed by atoms with van der Waals surface area (Å²) in [6.07, 6.45) is 15.8. The number of benzene rings is 2. The van der Waals surface area contributed by atoms with Gasteiger partial charge in [0.25, 0.3) is 0 Å². The summed E-state index contributed by atoms with van der Waals surface area (Å²) in [5.41, 5.74) is 6.34. The molecule has 0 aromatic heterocycles. The van der Waals surface area contributed by atoms with E-state index in [9.17, 15) is 10.2 Å². The second kappa shape index (κ2) is 24.4. The molecule has 0 spiro atoms. The molecular weight excluding hydrogens is 756 g/mol. The van der Waals surface area contributed by atoms with Crippen LogP contribution >= 0.6 is 0 Å². The van der Waals surface area contributed by atoms with Gasteiger partial charge in [-0.15, -0.1) is 0 Å². The molecule has 0 unspecified atom stereocenters. The van der Waals surface area contributed by atoms with Gasteiger partial charge in [-0.05, 0) is 126 Å². The van der Waals surface area contributed by atoms with Crippen molar-refractivity contribution >= 4 is 23.1 Å². The second-order valence-electron chi connectivity index (χ2n) is 13.8. The van der Waals surface area contributed by atoms with Gasteiger partial charge in [-0.1, -0.05) is 87.1 Å². The van der Waals surface area contributed by atoms with Crippen LogP contribution in [-0.2, 0) is 12.8 Å². The minimum Gasteiger partial charge on any atom is -1.00 e. The van der Waals surface area contributed by atoms with Crippen LogP contribution < -0.4 is 33.5 Å². The first-order chi connectivity index (χ1) is 25.4. The van der Waals surface area contributed by atoms with Gasteiger partial charge in [0.05, 0.1) is 14.2 Å². The normalized spacial score (nSPS) is 21.6. The van der Waals surface area contributed by atoms with Gasteiger partial charge in [-0.2, -0.15) is 0 Å². The van der Waals surface area contributed by atoms with Crippen LogP contribution in [-0.4, -0.2) is 47.5 Å². The van der Waals surface area contributed by atoms with Gasteiger partial charge < -0.3 is 51.1 Å². The summed E-state index contributed by atoms with van der Waals surface area (Å²) in [6, 6.07) is 7.58. The Bertz CT molecular complexity index is 1620. The number of hydrogen-bond acceptors (Lipinski definition) is 4. The minimum absolute atomic E-state index is 0. The van der Waals surface area contributed by atoms with Crippen LogP contribution in [0.2, 0.25) is 0 Å². The zero-order valence-electron chi connectivity index (χ0n) is 38.5. The van der Waals surface area contributed by atoms with E-state index in [0.717, 1.165) is 86.0 Å². The SMILES string of the molecule is [2H]C([2H])([2H])C(=C)[C@@H]1CCC(C)=C[C@H]1c1c(O)cc(CCCCC)cc1O.[2H]C([2H])([2H])C(=C)[C@@H]1CCC(C)=C[C@H]1c1c(OC)cc(CCCCC)cc1OC.[CH3-].[I-].[Mg+2]. The van der Waals surface area contributed by atoms with Crippen LogP contribution in [0.25, 0.3) is 0 Å². The van der Waals surface area contributed by atoms with E-state index >= 15 is 0 Å². The summed E-state index contributed by atoms with van der Waals surface area (Å²) in [4.78, 5) is 0. The maximum Gasteiger partial charge on any atom is 2.00 e. The molecule has 2 N–H and O–H groups in total. The number of allylic oxidation sites excluding steroid dienone is 6. The molecule has 0 saturated carbocycles. The first-order valence-electron chi connectivity index (χ1n) is 20.9. The van der Waals surface area contributed by atoms with Gasteiger partial charge in [0, 0.05) is 31.2 Å². The van der Waals surface area contributed by atoms with Crippen LogP contribution in [0.5, 0.6) is 23.0 Å². The first kappa shape index (κ1) is 38.8. The largest absolute Gasteiger partial charge is 2.00 e. The molecule has 51 heavy (non-hydrogen) atoms. The molecule has 0 amide bonds. The Hall–Kier alpha value is -1.90. The van der Waals surface area contributed by atoms with E-state index in [-0.39, 0.29) is 95.2 Å². The Morgan fingerprint density at radius 2 is 1.12 bits per heavy atom.